The topological polar surface area (TPSA) is 151 Å². The molecule has 0 saturated carbocycles. The molecule has 0 bridgehead atoms. The van der Waals surface area contributed by atoms with Gasteiger partial charge in [-0.1, -0.05) is 47.5 Å². The van der Waals surface area contributed by atoms with Crippen LogP contribution in [0.1, 0.15) is 26.4 Å². The van der Waals surface area contributed by atoms with Crippen molar-refractivity contribution in [1.82, 2.24) is 9.97 Å². The fourth-order valence-corrected chi connectivity index (χ4v) is 3.50. The lowest BCUT2D eigenvalue weighted by atomic mass is 9.84. The molecule has 0 spiro atoms. The maximum Gasteiger partial charge on any atom is 0.458 e. The second kappa shape index (κ2) is 13.3. The van der Waals surface area contributed by atoms with E-state index in [1.54, 1.807) is 38.1 Å². The molecule has 0 amide bonds. The van der Waals surface area contributed by atoms with Crippen LogP contribution in [-0.4, -0.2) is 34.7 Å². The molecule has 2 N–H and O–H groups in total. The SMILES string of the molecule is COc1nc(NCCc2ccc(Cl)cc2Cl)cc(-c2cccc(C(C)(C)C(=O)O)c2)n1.O=P(=O)O[O-].[HH]. The molecule has 0 saturated heterocycles. The van der Waals surface area contributed by atoms with Crippen LogP contribution in [0.2, 0.25) is 10.0 Å². The average Bonchev–Trinajstić information content (AvgIpc) is 2.85. The van der Waals surface area contributed by atoms with Gasteiger partial charge in [-0.3, -0.25) is 4.79 Å². The van der Waals surface area contributed by atoms with Crippen LogP contribution in [0.5, 0.6) is 6.01 Å². The van der Waals surface area contributed by atoms with Crippen LogP contribution in [0.25, 0.3) is 11.3 Å². The summed E-state index contributed by atoms with van der Waals surface area (Å²) in [4.78, 5) is 20.4. The van der Waals surface area contributed by atoms with Crippen molar-refractivity contribution in [1.29, 1.82) is 0 Å². The number of nitrogens with one attached hydrogen (secondary N) is 1. The molecule has 0 fully saturated rings. The van der Waals surface area contributed by atoms with E-state index in [1.807, 2.05) is 24.3 Å². The van der Waals surface area contributed by atoms with Gasteiger partial charge in [0.05, 0.1) is 18.2 Å². The molecule has 0 atom stereocenters. The van der Waals surface area contributed by atoms with Crippen molar-refractivity contribution in [3.05, 3.63) is 69.7 Å². The molecule has 0 radical (unpaired) electrons. The van der Waals surface area contributed by atoms with Gasteiger partial charge in [-0.05, 0) is 49.6 Å². The first-order valence-electron chi connectivity index (χ1n) is 10.4. The number of aromatic nitrogens is 2. The second-order valence-electron chi connectivity index (χ2n) is 7.85. The lowest BCUT2D eigenvalue weighted by Gasteiger charge is -2.20. The van der Waals surface area contributed by atoms with Gasteiger partial charge in [0.2, 0.25) is 0 Å². The minimum absolute atomic E-state index is 0. The van der Waals surface area contributed by atoms with E-state index < -0.39 is 19.3 Å². The highest BCUT2D eigenvalue weighted by atomic mass is 35.5. The van der Waals surface area contributed by atoms with Crippen molar-refractivity contribution in [2.75, 3.05) is 19.0 Å². The van der Waals surface area contributed by atoms with Crippen LogP contribution in [0.15, 0.2) is 48.5 Å². The Morgan fingerprint density at radius 2 is 1.86 bits per heavy atom. The van der Waals surface area contributed by atoms with Crippen LogP contribution in [0.4, 0.5) is 5.82 Å². The van der Waals surface area contributed by atoms with E-state index >= 15 is 0 Å². The first kappa shape index (κ1) is 29.2. The number of benzene rings is 2. The van der Waals surface area contributed by atoms with Gasteiger partial charge in [0.25, 0.3) is 0 Å². The Balaban J connectivity index is 0.00000104. The zero-order valence-corrected chi connectivity index (χ0v) is 21.9. The third-order valence-corrected chi connectivity index (χ3v) is 5.79. The monoisotopic (exact) mass is 556 g/mol. The van der Waals surface area contributed by atoms with E-state index in [-0.39, 0.29) is 7.44 Å². The summed E-state index contributed by atoms with van der Waals surface area (Å²) in [5, 5.41) is 22.6. The molecular weight excluding hydrogens is 532 g/mol. The quantitative estimate of drug-likeness (QED) is 0.207. The molecular formula is C23H25Cl2N3O7P-. The maximum atomic E-state index is 11.6. The van der Waals surface area contributed by atoms with Crippen LogP contribution >= 0.6 is 31.1 Å². The minimum atomic E-state index is -3.15. The highest BCUT2D eigenvalue weighted by molar-refractivity contribution is 7.24. The molecule has 3 rings (SSSR count). The number of ether oxygens (including phenoxy) is 1. The Kier molecular flexibility index (Phi) is 10.8. The van der Waals surface area contributed by atoms with Crippen molar-refractivity contribution < 1.29 is 35.1 Å². The Morgan fingerprint density at radius 1 is 1.17 bits per heavy atom. The highest BCUT2D eigenvalue weighted by Gasteiger charge is 2.29. The Bertz CT molecular complexity index is 1280. The molecule has 36 heavy (non-hydrogen) atoms. The lowest BCUT2D eigenvalue weighted by molar-refractivity contribution is -0.635. The fraction of sp³-hybridized carbons (Fsp3) is 0.261. The van der Waals surface area contributed by atoms with Crippen LogP contribution < -0.4 is 15.3 Å². The van der Waals surface area contributed by atoms with Gasteiger partial charge in [-0.25, -0.2) is 9.13 Å². The molecule has 0 aliphatic carbocycles. The predicted octanol–water partition coefficient (Wildman–Crippen LogP) is 5.09. The van der Waals surface area contributed by atoms with Gasteiger partial charge in [-0.15, -0.1) is 0 Å². The molecule has 2 aromatic carbocycles. The van der Waals surface area contributed by atoms with Crippen molar-refractivity contribution in [2.45, 2.75) is 25.7 Å². The van der Waals surface area contributed by atoms with E-state index in [0.29, 0.717) is 40.1 Å². The number of hydrogen-bond donors (Lipinski definition) is 2. The molecule has 1 aromatic heterocycles. The summed E-state index contributed by atoms with van der Waals surface area (Å²) in [6, 6.07) is 14.8. The minimum Gasteiger partial charge on any atom is -0.710 e. The lowest BCUT2D eigenvalue weighted by Crippen LogP contribution is -2.28. The Hall–Kier alpha value is -3.01. The van der Waals surface area contributed by atoms with E-state index in [4.69, 9.17) is 42.3 Å². The summed E-state index contributed by atoms with van der Waals surface area (Å²) in [5.74, 6) is -0.303. The third-order valence-electron chi connectivity index (χ3n) is 5.08. The highest BCUT2D eigenvalue weighted by Crippen LogP contribution is 2.29. The third kappa shape index (κ3) is 8.29. The molecule has 1 heterocycles. The molecule has 0 unspecified atom stereocenters. The van der Waals surface area contributed by atoms with Crippen LogP contribution in [0, 0.1) is 0 Å². The molecule has 10 nitrogen and oxygen atoms in total. The van der Waals surface area contributed by atoms with Crippen molar-refractivity contribution in [3.63, 3.8) is 0 Å². The number of carboxylic acids is 1. The van der Waals surface area contributed by atoms with Crippen molar-refractivity contribution in [2.24, 2.45) is 0 Å². The standard InChI is InChI=1S/C23H23Cl2N3O3.HO4P.H2/c1-23(2,21(29)30)16-6-4-5-15(11-16)19-13-20(28-22(27-19)31-3)26-10-9-14-7-8-17(24)12-18(14)25;1-4-5(2)3;/h4-8,11-13H,9-10H2,1-3H3,(H,29,30)(H,26,27,28);1H;1H/p-1. The number of nitrogens with zero attached hydrogens (tertiary/aromatic N) is 2. The fourth-order valence-electron chi connectivity index (χ4n) is 3.00. The Labute approximate surface area is 219 Å². The van der Waals surface area contributed by atoms with Gasteiger partial charge in [0.15, 0.2) is 0 Å². The van der Waals surface area contributed by atoms with Crippen LogP contribution in [-0.2, 0) is 30.4 Å². The Morgan fingerprint density at radius 3 is 2.44 bits per heavy atom. The summed E-state index contributed by atoms with van der Waals surface area (Å²) >= 11 is 12.2. The smallest absolute Gasteiger partial charge is 0.458 e. The zero-order chi connectivity index (χ0) is 26.9. The number of aliphatic carboxylic acids is 1. The van der Waals surface area contributed by atoms with E-state index in [0.717, 1.165) is 11.1 Å². The first-order chi connectivity index (χ1) is 17.0. The summed E-state index contributed by atoms with van der Waals surface area (Å²) in [7, 11) is -1.65. The number of hydrogen-bond acceptors (Lipinski definition) is 9. The average molecular weight is 557 g/mol. The predicted molar refractivity (Wildman–Crippen MR) is 135 cm³/mol. The van der Waals surface area contributed by atoms with E-state index in [2.05, 4.69) is 20.0 Å². The second-order valence-corrected chi connectivity index (χ2v) is 9.29. The van der Waals surface area contributed by atoms with Crippen molar-refractivity contribution in [3.8, 4) is 17.3 Å². The summed E-state index contributed by atoms with van der Waals surface area (Å²) in [5.41, 5.74) is 2.04. The molecule has 0 aliphatic heterocycles. The number of carboxylic acid groups (broad SMARTS) is 1. The van der Waals surface area contributed by atoms with Crippen LogP contribution in [0.3, 0.4) is 0 Å². The maximum absolute atomic E-state index is 11.6. The van der Waals surface area contributed by atoms with Gasteiger partial charge in [0.1, 0.15) is 5.82 Å². The largest absolute Gasteiger partial charge is 0.710 e. The van der Waals surface area contributed by atoms with Gasteiger partial charge >= 0.3 is 19.9 Å². The molecule has 3 aromatic rings. The summed E-state index contributed by atoms with van der Waals surface area (Å²) in [6.07, 6.45) is 0.680. The molecule has 194 valence electrons. The number of rotatable bonds is 9. The van der Waals surface area contributed by atoms with E-state index in [9.17, 15) is 9.90 Å². The van der Waals surface area contributed by atoms with Crippen molar-refractivity contribution >= 4 is 42.9 Å². The normalized spacial score (nSPS) is 10.7. The zero-order valence-electron chi connectivity index (χ0n) is 19.5. The van der Waals surface area contributed by atoms with Gasteiger partial charge in [-0.2, -0.15) is 9.97 Å². The van der Waals surface area contributed by atoms with Gasteiger partial charge < -0.3 is 25.1 Å². The first-order valence-corrected chi connectivity index (χ1v) is 12.2. The summed E-state index contributed by atoms with van der Waals surface area (Å²) < 4.78 is 25.5. The molecule has 0 aliphatic rings. The molecule has 13 heteroatoms. The summed E-state index contributed by atoms with van der Waals surface area (Å²) in [6.45, 7) is 3.93. The number of anilines is 1. The van der Waals surface area contributed by atoms with E-state index in [1.165, 1.54) is 7.11 Å². The number of carbonyl (C=O) groups is 1. The number of halogens is 2. The number of methoxy groups -OCH3 is 1. The van der Waals surface area contributed by atoms with Gasteiger partial charge in [0, 0.05) is 29.6 Å².